The maximum atomic E-state index is 5.62. The molecule has 0 radical (unpaired) electrons. The number of hydrogen-bond donors (Lipinski definition) is 1. The lowest BCUT2D eigenvalue weighted by atomic mass is 10.3. The van der Waals surface area contributed by atoms with Crippen LogP contribution in [0.25, 0.3) is 0 Å². The van der Waals surface area contributed by atoms with Crippen LogP contribution in [0.15, 0.2) is 18.3 Å². The van der Waals surface area contributed by atoms with Crippen LogP contribution in [0.3, 0.4) is 0 Å². The highest BCUT2D eigenvalue weighted by Crippen LogP contribution is 2.16. The number of rotatable bonds is 5. The van der Waals surface area contributed by atoms with E-state index < -0.39 is 0 Å². The predicted molar refractivity (Wildman–Crippen MR) is 74.3 cm³/mol. The van der Waals surface area contributed by atoms with Gasteiger partial charge in [-0.05, 0) is 31.5 Å². The van der Waals surface area contributed by atoms with Crippen molar-refractivity contribution >= 4 is 5.82 Å². The number of nitrogens with one attached hydrogen (secondary N) is 1. The summed E-state index contributed by atoms with van der Waals surface area (Å²) < 4.78 is 5.62. The van der Waals surface area contributed by atoms with Gasteiger partial charge in [0, 0.05) is 19.6 Å². The van der Waals surface area contributed by atoms with Crippen LogP contribution in [0.5, 0.6) is 5.75 Å². The fourth-order valence-electron chi connectivity index (χ4n) is 2.05. The van der Waals surface area contributed by atoms with E-state index >= 15 is 0 Å². The van der Waals surface area contributed by atoms with Crippen molar-refractivity contribution in [3.63, 3.8) is 0 Å². The molecule has 1 aromatic heterocycles. The second-order valence-corrected chi connectivity index (χ2v) is 4.64. The molecule has 0 bridgehead atoms. The molecular formula is C14H23N3O. The molecule has 0 aliphatic carbocycles. The van der Waals surface area contributed by atoms with Crippen LogP contribution in [0, 0.1) is 0 Å². The van der Waals surface area contributed by atoms with E-state index in [0.717, 1.165) is 57.2 Å². The first-order valence-electron chi connectivity index (χ1n) is 6.94. The molecule has 0 unspecified atom stereocenters. The molecule has 0 amide bonds. The van der Waals surface area contributed by atoms with E-state index in [0.29, 0.717) is 0 Å². The van der Waals surface area contributed by atoms with E-state index in [-0.39, 0.29) is 0 Å². The molecule has 4 nitrogen and oxygen atoms in total. The molecule has 1 saturated heterocycles. The number of nitrogens with zero attached hydrogens (tertiary/aromatic N) is 2. The Labute approximate surface area is 109 Å². The second kappa shape index (κ2) is 7.21. The van der Waals surface area contributed by atoms with E-state index in [4.69, 9.17) is 4.74 Å². The highest BCUT2D eigenvalue weighted by Gasteiger charge is 2.10. The van der Waals surface area contributed by atoms with Crippen molar-refractivity contribution in [3.05, 3.63) is 18.3 Å². The summed E-state index contributed by atoms with van der Waals surface area (Å²) in [5.41, 5.74) is 0. The molecule has 1 aliphatic rings. The van der Waals surface area contributed by atoms with Crippen molar-refractivity contribution in [2.75, 3.05) is 37.7 Å². The molecule has 2 rings (SSSR count). The Bertz CT molecular complexity index is 331. The second-order valence-electron chi connectivity index (χ2n) is 4.64. The van der Waals surface area contributed by atoms with Gasteiger partial charge in [-0.2, -0.15) is 0 Å². The summed E-state index contributed by atoms with van der Waals surface area (Å²) in [4.78, 5) is 6.83. The van der Waals surface area contributed by atoms with Crippen molar-refractivity contribution < 1.29 is 4.74 Å². The number of pyridine rings is 1. The van der Waals surface area contributed by atoms with Gasteiger partial charge in [0.15, 0.2) is 0 Å². The summed E-state index contributed by atoms with van der Waals surface area (Å²) >= 11 is 0. The molecule has 0 aromatic carbocycles. The van der Waals surface area contributed by atoms with Gasteiger partial charge in [0.25, 0.3) is 0 Å². The highest BCUT2D eigenvalue weighted by atomic mass is 16.5. The quantitative estimate of drug-likeness (QED) is 0.811. The molecule has 0 saturated carbocycles. The Hall–Kier alpha value is -1.29. The van der Waals surface area contributed by atoms with Crippen molar-refractivity contribution in [2.24, 2.45) is 0 Å². The van der Waals surface area contributed by atoms with Gasteiger partial charge in [0.2, 0.25) is 0 Å². The summed E-state index contributed by atoms with van der Waals surface area (Å²) in [6, 6.07) is 4.09. The molecule has 1 aromatic rings. The SMILES string of the molecule is CCCCOc1ccc(N2CCCNCC2)nc1. The maximum absolute atomic E-state index is 5.62. The topological polar surface area (TPSA) is 37.4 Å². The highest BCUT2D eigenvalue weighted by molar-refractivity contribution is 5.41. The van der Waals surface area contributed by atoms with Crippen LogP contribution in [0.1, 0.15) is 26.2 Å². The van der Waals surface area contributed by atoms with Gasteiger partial charge in [0.1, 0.15) is 11.6 Å². The minimum absolute atomic E-state index is 0.783. The normalized spacial score (nSPS) is 16.4. The van der Waals surface area contributed by atoms with Crippen LogP contribution < -0.4 is 15.0 Å². The first kappa shape index (κ1) is 13.1. The first-order chi connectivity index (χ1) is 8.90. The smallest absolute Gasteiger partial charge is 0.137 e. The predicted octanol–water partition coefficient (Wildman–Crippen LogP) is 2.06. The third-order valence-electron chi connectivity index (χ3n) is 3.15. The number of ether oxygens (including phenoxy) is 1. The Balaban J connectivity index is 1.89. The summed E-state index contributed by atoms with van der Waals surface area (Å²) in [6.45, 7) is 7.20. The van der Waals surface area contributed by atoms with Crippen LogP contribution >= 0.6 is 0 Å². The third-order valence-corrected chi connectivity index (χ3v) is 3.15. The molecule has 1 fully saturated rings. The van der Waals surface area contributed by atoms with Crippen molar-refractivity contribution in [1.29, 1.82) is 0 Å². The minimum Gasteiger partial charge on any atom is -0.492 e. The number of anilines is 1. The Morgan fingerprint density at radius 2 is 2.28 bits per heavy atom. The minimum atomic E-state index is 0.783. The first-order valence-corrected chi connectivity index (χ1v) is 6.94. The third kappa shape index (κ3) is 3.88. The zero-order valence-electron chi connectivity index (χ0n) is 11.2. The van der Waals surface area contributed by atoms with Gasteiger partial charge in [0.05, 0.1) is 12.8 Å². The van der Waals surface area contributed by atoms with Crippen molar-refractivity contribution in [2.45, 2.75) is 26.2 Å². The Morgan fingerprint density at radius 3 is 3.06 bits per heavy atom. The zero-order chi connectivity index (χ0) is 12.6. The van der Waals surface area contributed by atoms with E-state index in [2.05, 4.69) is 28.2 Å². The lowest BCUT2D eigenvalue weighted by molar-refractivity contribution is 0.308. The number of unbranched alkanes of at least 4 members (excludes halogenated alkanes) is 1. The van der Waals surface area contributed by atoms with Gasteiger partial charge in [-0.15, -0.1) is 0 Å². The van der Waals surface area contributed by atoms with Gasteiger partial charge < -0.3 is 15.0 Å². The molecule has 18 heavy (non-hydrogen) atoms. The largest absolute Gasteiger partial charge is 0.492 e. The lowest BCUT2D eigenvalue weighted by Gasteiger charge is -2.21. The summed E-state index contributed by atoms with van der Waals surface area (Å²) in [6.07, 6.45) is 5.27. The van der Waals surface area contributed by atoms with E-state index in [1.165, 1.54) is 6.42 Å². The Kier molecular flexibility index (Phi) is 5.27. The molecule has 100 valence electrons. The van der Waals surface area contributed by atoms with E-state index in [9.17, 15) is 0 Å². The molecule has 0 atom stereocenters. The van der Waals surface area contributed by atoms with Gasteiger partial charge >= 0.3 is 0 Å². The summed E-state index contributed by atoms with van der Waals surface area (Å²) in [5, 5.41) is 3.40. The maximum Gasteiger partial charge on any atom is 0.137 e. The molecular weight excluding hydrogens is 226 g/mol. The fourth-order valence-corrected chi connectivity index (χ4v) is 2.05. The standard InChI is InChI=1S/C14H23N3O/c1-2-3-11-18-13-5-6-14(16-12-13)17-9-4-7-15-8-10-17/h5-6,12,15H,2-4,7-11H2,1H3. The van der Waals surface area contributed by atoms with E-state index in [1.807, 2.05) is 12.3 Å². The Morgan fingerprint density at radius 1 is 1.33 bits per heavy atom. The van der Waals surface area contributed by atoms with Crippen molar-refractivity contribution in [1.82, 2.24) is 10.3 Å². The summed E-state index contributed by atoms with van der Waals surface area (Å²) in [5.74, 6) is 1.93. The van der Waals surface area contributed by atoms with Gasteiger partial charge in [-0.25, -0.2) is 4.98 Å². The van der Waals surface area contributed by atoms with Crippen LogP contribution in [-0.2, 0) is 0 Å². The number of aromatic nitrogens is 1. The summed E-state index contributed by atoms with van der Waals surface area (Å²) in [7, 11) is 0. The average Bonchev–Trinajstić information content (AvgIpc) is 2.69. The molecule has 0 spiro atoms. The zero-order valence-corrected chi connectivity index (χ0v) is 11.2. The lowest BCUT2D eigenvalue weighted by Crippen LogP contribution is -2.28. The van der Waals surface area contributed by atoms with Crippen molar-refractivity contribution in [3.8, 4) is 5.75 Å². The fraction of sp³-hybridized carbons (Fsp3) is 0.643. The van der Waals surface area contributed by atoms with Gasteiger partial charge in [-0.1, -0.05) is 13.3 Å². The van der Waals surface area contributed by atoms with Crippen LogP contribution in [0.2, 0.25) is 0 Å². The monoisotopic (exact) mass is 249 g/mol. The van der Waals surface area contributed by atoms with Gasteiger partial charge in [-0.3, -0.25) is 0 Å². The van der Waals surface area contributed by atoms with E-state index in [1.54, 1.807) is 0 Å². The van der Waals surface area contributed by atoms with Crippen LogP contribution in [0.4, 0.5) is 5.82 Å². The molecule has 4 heteroatoms. The van der Waals surface area contributed by atoms with Crippen LogP contribution in [-0.4, -0.2) is 37.8 Å². The average molecular weight is 249 g/mol. The molecule has 2 heterocycles. The molecule has 1 aliphatic heterocycles. The molecule has 1 N–H and O–H groups in total. The number of hydrogen-bond acceptors (Lipinski definition) is 4.